The molecule has 0 atom stereocenters. The van der Waals surface area contributed by atoms with E-state index in [2.05, 4.69) is 11.4 Å². The van der Waals surface area contributed by atoms with E-state index in [0.717, 1.165) is 31.7 Å². The Bertz CT molecular complexity index is 560. The highest BCUT2D eigenvalue weighted by molar-refractivity contribution is 6.31. The molecule has 0 saturated heterocycles. The fraction of sp³-hybridized carbons (Fsp3) is 0.500. The third-order valence-electron chi connectivity index (χ3n) is 3.95. The molecule has 0 radical (unpaired) electrons. The Morgan fingerprint density at radius 2 is 1.86 bits per heavy atom. The Morgan fingerprint density at radius 1 is 1.24 bits per heavy atom. The summed E-state index contributed by atoms with van der Waals surface area (Å²) in [6.45, 7) is 0. The van der Waals surface area contributed by atoms with Crippen LogP contribution < -0.4 is 5.32 Å². The van der Waals surface area contributed by atoms with Crippen LogP contribution in [0.3, 0.4) is 0 Å². The highest BCUT2D eigenvalue weighted by Gasteiger charge is 2.32. The van der Waals surface area contributed by atoms with Crippen molar-refractivity contribution in [3.05, 3.63) is 34.6 Å². The smallest absolute Gasteiger partial charge is 0.255 e. The van der Waals surface area contributed by atoms with Crippen molar-refractivity contribution in [3.63, 3.8) is 0 Å². The topological polar surface area (TPSA) is 52.9 Å². The number of carbonyl (C=O) groups excluding carboxylic acids is 1. The van der Waals surface area contributed by atoms with Gasteiger partial charge in [0.2, 0.25) is 0 Å². The second-order valence-corrected chi connectivity index (χ2v) is 5.98. The number of halogens is 2. The number of nitriles is 1. The summed E-state index contributed by atoms with van der Waals surface area (Å²) in [6, 6.07) is 6.08. The Morgan fingerprint density at radius 3 is 2.48 bits per heavy atom. The van der Waals surface area contributed by atoms with Crippen molar-refractivity contribution in [2.75, 3.05) is 0 Å². The van der Waals surface area contributed by atoms with Crippen LogP contribution in [-0.4, -0.2) is 11.4 Å². The van der Waals surface area contributed by atoms with Gasteiger partial charge in [-0.05, 0) is 31.0 Å². The van der Waals surface area contributed by atoms with Crippen molar-refractivity contribution in [2.24, 2.45) is 0 Å². The minimum Gasteiger partial charge on any atom is -0.334 e. The molecule has 1 fully saturated rings. The molecule has 1 aromatic rings. The molecule has 1 N–H and O–H groups in total. The molecule has 1 saturated carbocycles. The molecule has 21 heavy (non-hydrogen) atoms. The predicted octanol–water partition coefficient (Wildman–Crippen LogP) is 4.22. The molecular formula is C16H18ClFN2O. The number of nitrogens with one attached hydrogen (secondary N) is 1. The van der Waals surface area contributed by atoms with E-state index < -0.39 is 17.3 Å². The monoisotopic (exact) mass is 308 g/mol. The zero-order valence-corrected chi connectivity index (χ0v) is 12.5. The van der Waals surface area contributed by atoms with E-state index in [-0.39, 0.29) is 5.56 Å². The van der Waals surface area contributed by atoms with Gasteiger partial charge in [0.05, 0.1) is 11.6 Å². The Labute approximate surface area is 129 Å². The molecule has 5 heteroatoms. The van der Waals surface area contributed by atoms with E-state index in [1.54, 1.807) is 0 Å². The van der Waals surface area contributed by atoms with Gasteiger partial charge < -0.3 is 5.32 Å². The van der Waals surface area contributed by atoms with Gasteiger partial charge in [-0.2, -0.15) is 5.26 Å². The van der Waals surface area contributed by atoms with Gasteiger partial charge in [-0.15, -0.1) is 0 Å². The van der Waals surface area contributed by atoms with Crippen LogP contribution in [0.1, 0.15) is 55.3 Å². The fourth-order valence-corrected chi connectivity index (χ4v) is 2.90. The molecule has 0 heterocycles. The zero-order chi connectivity index (χ0) is 15.3. The lowest BCUT2D eigenvalue weighted by Crippen LogP contribution is -2.48. The molecule has 1 aromatic carbocycles. The van der Waals surface area contributed by atoms with Gasteiger partial charge in [0.25, 0.3) is 5.91 Å². The average molecular weight is 309 g/mol. The Kier molecular flexibility index (Phi) is 5.19. The molecule has 0 spiro atoms. The van der Waals surface area contributed by atoms with Crippen molar-refractivity contribution < 1.29 is 9.18 Å². The summed E-state index contributed by atoms with van der Waals surface area (Å²) in [5.74, 6) is -1.20. The normalized spacial score (nSPS) is 18.1. The van der Waals surface area contributed by atoms with Crippen LogP contribution in [0, 0.1) is 17.1 Å². The molecule has 112 valence electrons. The van der Waals surface area contributed by atoms with Crippen molar-refractivity contribution >= 4 is 17.5 Å². The molecule has 0 bridgehead atoms. The lowest BCUT2D eigenvalue weighted by Gasteiger charge is -2.29. The first kappa shape index (κ1) is 15.8. The van der Waals surface area contributed by atoms with Crippen molar-refractivity contribution in [2.45, 2.75) is 50.5 Å². The fourth-order valence-electron chi connectivity index (χ4n) is 2.73. The van der Waals surface area contributed by atoms with Crippen LogP contribution in [0.5, 0.6) is 0 Å². The molecule has 3 nitrogen and oxygen atoms in total. The molecular weight excluding hydrogens is 291 g/mol. The Balaban J connectivity index is 2.18. The largest absolute Gasteiger partial charge is 0.334 e. The molecule has 1 aliphatic rings. The molecule has 1 aliphatic carbocycles. The number of nitrogens with zero attached hydrogens (tertiary/aromatic N) is 1. The van der Waals surface area contributed by atoms with Crippen LogP contribution in [0.25, 0.3) is 0 Å². The first-order valence-electron chi connectivity index (χ1n) is 7.25. The van der Waals surface area contributed by atoms with Gasteiger partial charge in [0.1, 0.15) is 11.4 Å². The standard InChI is InChI=1S/C16H18ClFN2O/c17-12-6-7-14(18)13(10-12)15(21)20-16(11-19)8-4-2-1-3-5-9-16/h6-7,10H,1-5,8-9H2,(H,20,21). The second-order valence-electron chi connectivity index (χ2n) is 5.54. The SMILES string of the molecule is N#CC1(NC(=O)c2cc(Cl)ccc2F)CCCCCCC1. The van der Waals surface area contributed by atoms with Crippen LogP contribution in [-0.2, 0) is 0 Å². The van der Waals surface area contributed by atoms with Crippen LogP contribution in [0.2, 0.25) is 5.02 Å². The average Bonchev–Trinajstić information content (AvgIpc) is 2.44. The number of hydrogen-bond donors (Lipinski definition) is 1. The summed E-state index contributed by atoms with van der Waals surface area (Å²) in [4.78, 5) is 12.3. The molecule has 0 unspecified atom stereocenters. The van der Waals surface area contributed by atoms with Crippen molar-refractivity contribution in [1.82, 2.24) is 5.32 Å². The van der Waals surface area contributed by atoms with Gasteiger partial charge in [-0.3, -0.25) is 4.79 Å². The third kappa shape index (κ3) is 3.95. The number of carbonyl (C=O) groups is 1. The lowest BCUT2D eigenvalue weighted by atomic mass is 9.85. The van der Waals surface area contributed by atoms with Gasteiger partial charge in [0, 0.05) is 5.02 Å². The van der Waals surface area contributed by atoms with Gasteiger partial charge in [-0.25, -0.2) is 4.39 Å². The van der Waals surface area contributed by atoms with Crippen LogP contribution >= 0.6 is 11.6 Å². The highest BCUT2D eigenvalue weighted by atomic mass is 35.5. The predicted molar refractivity (Wildman–Crippen MR) is 79.5 cm³/mol. The maximum atomic E-state index is 13.7. The van der Waals surface area contributed by atoms with Crippen molar-refractivity contribution in [3.8, 4) is 6.07 Å². The number of benzene rings is 1. The number of rotatable bonds is 2. The summed E-state index contributed by atoms with van der Waals surface area (Å²) in [5.41, 5.74) is -1.01. The molecule has 0 aliphatic heterocycles. The summed E-state index contributed by atoms with van der Waals surface area (Å²) < 4.78 is 13.7. The third-order valence-corrected chi connectivity index (χ3v) is 4.18. The van der Waals surface area contributed by atoms with Crippen molar-refractivity contribution in [1.29, 1.82) is 5.26 Å². The molecule has 2 rings (SSSR count). The van der Waals surface area contributed by atoms with E-state index in [4.69, 9.17) is 11.6 Å². The minimum atomic E-state index is -0.897. The van der Waals surface area contributed by atoms with Crippen LogP contribution in [0.4, 0.5) is 4.39 Å². The van der Waals surface area contributed by atoms with Crippen LogP contribution in [0.15, 0.2) is 18.2 Å². The lowest BCUT2D eigenvalue weighted by molar-refractivity contribution is 0.0903. The van der Waals surface area contributed by atoms with Gasteiger partial charge >= 0.3 is 0 Å². The van der Waals surface area contributed by atoms with E-state index in [1.807, 2.05) is 0 Å². The second kappa shape index (κ2) is 6.91. The number of amides is 1. The summed E-state index contributed by atoms with van der Waals surface area (Å²) in [7, 11) is 0. The summed E-state index contributed by atoms with van der Waals surface area (Å²) in [6.07, 6.45) is 6.29. The quantitative estimate of drug-likeness (QED) is 0.889. The summed E-state index contributed by atoms with van der Waals surface area (Å²) in [5, 5.41) is 12.5. The zero-order valence-electron chi connectivity index (χ0n) is 11.8. The molecule has 1 amide bonds. The molecule has 0 aromatic heterocycles. The first-order chi connectivity index (χ1) is 10.1. The van der Waals surface area contributed by atoms with Gasteiger partial charge in [-0.1, -0.05) is 43.7 Å². The number of hydrogen-bond acceptors (Lipinski definition) is 2. The van der Waals surface area contributed by atoms with Gasteiger partial charge in [0.15, 0.2) is 0 Å². The minimum absolute atomic E-state index is 0.112. The maximum Gasteiger partial charge on any atom is 0.255 e. The summed E-state index contributed by atoms with van der Waals surface area (Å²) >= 11 is 5.81. The first-order valence-corrected chi connectivity index (χ1v) is 7.63. The van der Waals surface area contributed by atoms with E-state index in [1.165, 1.54) is 18.6 Å². The maximum absolute atomic E-state index is 13.7. The van der Waals surface area contributed by atoms with E-state index in [0.29, 0.717) is 17.9 Å². The highest BCUT2D eigenvalue weighted by Crippen LogP contribution is 2.26. The Hall–Kier alpha value is -1.60. The van der Waals surface area contributed by atoms with E-state index >= 15 is 0 Å². The van der Waals surface area contributed by atoms with E-state index in [9.17, 15) is 14.4 Å².